The summed E-state index contributed by atoms with van der Waals surface area (Å²) in [5.74, 6) is -0.855. The number of benzene rings is 1. The van der Waals surface area contributed by atoms with E-state index in [2.05, 4.69) is 4.57 Å². The molecule has 1 unspecified atom stereocenters. The van der Waals surface area contributed by atoms with Crippen molar-refractivity contribution in [3.8, 4) is 5.75 Å². The van der Waals surface area contributed by atoms with E-state index in [-0.39, 0.29) is 29.8 Å². The number of ether oxygens (including phenoxy) is 2. The van der Waals surface area contributed by atoms with E-state index < -0.39 is 5.97 Å². The van der Waals surface area contributed by atoms with Gasteiger partial charge in [0.25, 0.3) is 0 Å². The minimum atomic E-state index is -0.633. The van der Waals surface area contributed by atoms with Crippen LogP contribution in [0.15, 0.2) is 24.3 Å². The van der Waals surface area contributed by atoms with Crippen LogP contribution in [0.25, 0.3) is 0 Å². The molecule has 144 valence electrons. The fourth-order valence-electron chi connectivity index (χ4n) is 3.38. The third-order valence-electron chi connectivity index (χ3n) is 5.06. The molecule has 2 aromatic rings. The smallest absolute Gasteiger partial charge is 0.338 e. The Morgan fingerprint density at radius 1 is 1.26 bits per heavy atom. The summed E-state index contributed by atoms with van der Waals surface area (Å²) >= 11 is 0. The van der Waals surface area contributed by atoms with Gasteiger partial charge in [-0.05, 0) is 57.4 Å². The topological polar surface area (TPSA) is 77.8 Å². The lowest BCUT2D eigenvalue weighted by Crippen LogP contribution is -2.18. The second kappa shape index (κ2) is 7.96. The molecule has 0 spiro atoms. The lowest BCUT2D eigenvalue weighted by atomic mass is 10.1. The van der Waals surface area contributed by atoms with E-state index in [4.69, 9.17) is 9.47 Å². The molecular formula is C21H25NO5. The van der Waals surface area contributed by atoms with Crippen LogP contribution in [-0.4, -0.2) is 40.7 Å². The predicted octanol–water partition coefficient (Wildman–Crippen LogP) is 3.34. The lowest BCUT2D eigenvalue weighted by Gasteiger charge is -2.14. The minimum absolute atomic E-state index is 0.0217. The molecule has 1 aliphatic heterocycles. The van der Waals surface area contributed by atoms with E-state index in [9.17, 15) is 14.7 Å². The van der Waals surface area contributed by atoms with E-state index >= 15 is 0 Å². The molecule has 1 N–H and O–H groups in total. The zero-order valence-corrected chi connectivity index (χ0v) is 15.9. The van der Waals surface area contributed by atoms with Crippen LogP contribution in [-0.2, 0) is 16.0 Å². The van der Waals surface area contributed by atoms with Gasteiger partial charge in [-0.25, -0.2) is 4.79 Å². The summed E-state index contributed by atoms with van der Waals surface area (Å²) < 4.78 is 12.9. The molecular weight excluding hydrogens is 346 g/mol. The second-order valence-electron chi connectivity index (χ2n) is 7.03. The summed E-state index contributed by atoms with van der Waals surface area (Å²) in [6.45, 7) is 6.78. The molecule has 0 radical (unpaired) electrons. The van der Waals surface area contributed by atoms with E-state index in [1.54, 1.807) is 19.1 Å². The molecule has 2 heterocycles. The third kappa shape index (κ3) is 4.22. The number of phenols is 1. The molecule has 1 fully saturated rings. The van der Waals surface area contributed by atoms with Crippen LogP contribution in [0.3, 0.4) is 0 Å². The summed E-state index contributed by atoms with van der Waals surface area (Å²) in [5.41, 5.74) is 3.29. The number of esters is 1. The van der Waals surface area contributed by atoms with E-state index in [1.807, 2.05) is 19.9 Å². The number of nitrogens with zero attached hydrogens (tertiary/aromatic N) is 1. The van der Waals surface area contributed by atoms with E-state index in [0.717, 1.165) is 37.4 Å². The fraction of sp³-hybridized carbons (Fsp3) is 0.429. The largest absolute Gasteiger partial charge is 0.508 e. The van der Waals surface area contributed by atoms with Crippen molar-refractivity contribution in [2.45, 2.75) is 46.3 Å². The summed E-state index contributed by atoms with van der Waals surface area (Å²) in [5, 5.41) is 9.70. The standard InChI is InChI=1S/C21H25NO5/c1-13-6-7-16(10-19(13)23)21(25)27-12-20(24)18-9-14(2)22(15(18)3)11-17-5-4-8-26-17/h6-7,9-10,17,23H,4-5,8,11-12H2,1-3H3. The van der Waals surface area contributed by atoms with Crippen molar-refractivity contribution in [3.05, 3.63) is 52.3 Å². The number of aromatic hydroxyl groups is 1. The zero-order valence-electron chi connectivity index (χ0n) is 15.9. The van der Waals surface area contributed by atoms with Gasteiger partial charge < -0.3 is 19.1 Å². The van der Waals surface area contributed by atoms with Crippen molar-refractivity contribution in [1.82, 2.24) is 4.57 Å². The molecule has 6 nitrogen and oxygen atoms in total. The Kier molecular flexibility index (Phi) is 5.65. The number of phenolic OH excluding ortho intramolecular Hbond substituents is 1. The lowest BCUT2D eigenvalue weighted by molar-refractivity contribution is 0.0474. The van der Waals surface area contributed by atoms with Crippen LogP contribution < -0.4 is 0 Å². The Hall–Kier alpha value is -2.60. The number of aromatic nitrogens is 1. The fourth-order valence-corrected chi connectivity index (χ4v) is 3.38. The maximum atomic E-state index is 12.6. The normalized spacial score (nSPS) is 16.5. The molecule has 1 atom stereocenters. The van der Waals surface area contributed by atoms with Gasteiger partial charge in [0.1, 0.15) is 5.75 Å². The Morgan fingerprint density at radius 3 is 2.70 bits per heavy atom. The van der Waals surface area contributed by atoms with Crippen LogP contribution in [0.4, 0.5) is 0 Å². The molecule has 1 saturated heterocycles. The third-order valence-corrected chi connectivity index (χ3v) is 5.06. The molecule has 27 heavy (non-hydrogen) atoms. The molecule has 6 heteroatoms. The highest BCUT2D eigenvalue weighted by atomic mass is 16.5. The number of rotatable bonds is 6. The van der Waals surface area contributed by atoms with Crippen molar-refractivity contribution in [2.75, 3.05) is 13.2 Å². The quantitative estimate of drug-likeness (QED) is 0.622. The van der Waals surface area contributed by atoms with Gasteiger partial charge in [-0.15, -0.1) is 0 Å². The second-order valence-corrected chi connectivity index (χ2v) is 7.03. The molecule has 0 bridgehead atoms. The zero-order chi connectivity index (χ0) is 19.6. The van der Waals surface area contributed by atoms with E-state index in [1.165, 1.54) is 6.07 Å². The van der Waals surface area contributed by atoms with Gasteiger partial charge in [0, 0.05) is 30.1 Å². The average molecular weight is 371 g/mol. The first kappa shape index (κ1) is 19.2. The summed E-state index contributed by atoms with van der Waals surface area (Å²) in [7, 11) is 0. The van der Waals surface area contributed by atoms with Crippen LogP contribution in [0.1, 0.15) is 50.5 Å². The molecule has 0 amide bonds. The van der Waals surface area contributed by atoms with Gasteiger partial charge in [0.2, 0.25) is 5.78 Å². The first-order valence-electron chi connectivity index (χ1n) is 9.15. The number of carbonyl (C=O) groups excluding carboxylic acids is 2. The number of hydrogen-bond donors (Lipinski definition) is 1. The van der Waals surface area contributed by atoms with Gasteiger partial charge in [-0.2, -0.15) is 0 Å². The van der Waals surface area contributed by atoms with Crippen molar-refractivity contribution in [3.63, 3.8) is 0 Å². The minimum Gasteiger partial charge on any atom is -0.508 e. The van der Waals surface area contributed by atoms with Crippen LogP contribution in [0.2, 0.25) is 0 Å². The Bertz CT molecular complexity index is 862. The van der Waals surface area contributed by atoms with Crippen LogP contribution in [0, 0.1) is 20.8 Å². The monoisotopic (exact) mass is 371 g/mol. The SMILES string of the molecule is Cc1ccc(C(=O)OCC(=O)c2cc(C)n(CC3CCCO3)c2C)cc1O. The van der Waals surface area contributed by atoms with Crippen LogP contribution >= 0.6 is 0 Å². The number of Topliss-reactive ketones (excluding diaryl/α,β-unsaturated/α-hetero) is 1. The Labute approximate surface area is 158 Å². The van der Waals surface area contributed by atoms with Gasteiger partial charge in [0.15, 0.2) is 6.61 Å². The molecule has 1 aromatic carbocycles. The highest BCUT2D eigenvalue weighted by Crippen LogP contribution is 2.21. The summed E-state index contributed by atoms with van der Waals surface area (Å²) in [4.78, 5) is 24.7. The molecule has 1 aromatic heterocycles. The Morgan fingerprint density at radius 2 is 2.04 bits per heavy atom. The highest BCUT2D eigenvalue weighted by Gasteiger charge is 2.22. The first-order valence-corrected chi connectivity index (χ1v) is 9.15. The highest BCUT2D eigenvalue weighted by molar-refractivity contribution is 6.00. The Balaban J connectivity index is 1.65. The number of carbonyl (C=O) groups is 2. The number of aryl methyl sites for hydroxylation is 2. The average Bonchev–Trinajstić information content (AvgIpc) is 3.25. The molecule has 0 aliphatic carbocycles. The van der Waals surface area contributed by atoms with E-state index in [0.29, 0.717) is 11.1 Å². The van der Waals surface area contributed by atoms with Crippen LogP contribution in [0.5, 0.6) is 5.75 Å². The number of hydrogen-bond acceptors (Lipinski definition) is 5. The van der Waals surface area contributed by atoms with Gasteiger partial charge >= 0.3 is 5.97 Å². The number of ketones is 1. The maximum Gasteiger partial charge on any atom is 0.338 e. The summed E-state index contributed by atoms with van der Waals surface area (Å²) in [6, 6.07) is 6.37. The van der Waals surface area contributed by atoms with Crippen molar-refractivity contribution >= 4 is 11.8 Å². The summed E-state index contributed by atoms with van der Waals surface area (Å²) in [6.07, 6.45) is 2.28. The first-order chi connectivity index (χ1) is 12.9. The van der Waals surface area contributed by atoms with Crippen molar-refractivity contribution in [2.24, 2.45) is 0 Å². The maximum absolute atomic E-state index is 12.6. The van der Waals surface area contributed by atoms with Gasteiger partial charge in [0.05, 0.1) is 11.7 Å². The predicted molar refractivity (Wildman–Crippen MR) is 100 cm³/mol. The molecule has 3 rings (SSSR count). The molecule has 1 aliphatic rings. The van der Waals surface area contributed by atoms with Gasteiger partial charge in [-0.3, -0.25) is 4.79 Å². The van der Waals surface area contributed by atoms with Crippen molar-refractivity contribution in [1.29, 1.82) is 0 Å². The van der Waals surface area contributed by atoms with Crippen molar-refractivity contribution < 1.29 is 24.2 Å². The molecule has 0 saturated carbocycles. The van der Waals surface area contributed by atoms with Gasteiger partial charge in [-0.1, -0.05) is 6.07 Å².